The molecule has 0 aromatic heterocycles. The topological polar surface area (TPSA) is 212 Å². The maximum Gasteiger partial charge on any atom is 0.397 e. The summed E-state index contributed by atoms with van der Waals surface area (Å²) in [5.74, 6) is -0.724. The number of carbonyl (C=O) groups is 1. The van der Waals surface area contributed by atoms with Crippen LogP contribution in [0.3, 0.4) is 0 Å². The van der Waals surface area contributed by atoms with E-state index in [-0.39, 0.29) is 6.42 Å². The molecule has 0 radical (unpaired) electrons. The van der Waals surface area contributed by atoms with Gasteiger partial charge in [0.25, 0.3) is 0 Å². The maximum absolute atomic E-state index is 13.0. The average molecular weight is 862 g/mol. The van der Waals surface area contributed by atoms with Crippen molar-refractivity contribution in [3.63, 3.8) is 0 Å². The molecule has 1 aliphatic heterocycles. The summed E-state index contributed by atoms with van der Waals surface area (Å²) in [5.41, 5.74) is 0. The van der Waals surface area contributed by atoms with Crippen LogP contribution < -0.4 is 5.32 Å². The van der Waals surface area contributed by atoms with E-state index in [0.717, 1.165) is 51.4 Å². The molecule has 8 unspecified atom stereocenters. The van der Waals surface area contributed by atoms with Gasteiger partial charge in [-0.2, -0.15) is 8.42 Å². The van der Waals surface area contributed by atoms with Gasteiger partial charge in [0.2, 0.25) is 5.91 Å². The van der Waals surface area contributed by atoms with Crippen LogP contribution in [0.1, 0.15) is 181 Å². The quantitative estimate of drug-likeness (QED) is 0.0181. The molecule has 346 valence electrons. The third-order valence-corrected chi connectivity index (χ3v) is 11.2. The Labute approximate surface area is 357 Å². The van der Waals surface area contributed by atoms with E-state index in [1.807, 2.05) is 0 Å². The molecule has 13 nitrogen and oxygen atoms in total. The number of unbranched alkanes of at least 4 members (excludes halogenated alkanes) is 21. The van der Waals surface area contributed by atoms with Crippen LogP contribution in [0.5, 0.6) is 0 Å². The highest BCUT2D eigenvalue weighted by molar-refractivity contribution is 7.80. The number of ether oxygens (including phenoxy) is 2. The lowest BCUT2D eigenvalue weighted by molar-refractivity contribution is -0.298. The highest BCUT2D eigenvalue weighted by Crippen LogP contribution is 2.26. The van der Waals surface area contributed by atoms with Gasteiger partial charge in [-0.05, 0) is 51.4 Å². The van der Waals surface area contributed by atoms with Crippen molar-refractivity contribution in [2.75, 3.05) is 13.2 Å². The van der Waals surface area contributed by atoms with E-state index in [1.165, 1.54) is 102 Å². The van der Waals surface area contributed by atoms with Crippen molar-refractivity contribution in [1.29, 1.82) is 0 Å². The second-order valence-corrected chi connectivity index (χ2v) is 17.2. The first kappa shape index (κ1) is 55.3. The van der Waals surface area contributed by atoms with Crippen molar-refractivity contribution in [3.05, 3.63) is 36.5 Å². The van der Waals surface area contributed by atoms with Gasteiger partial charge in [-0.1, -0.05) is 166 Å². The van der Waals surface area contributed by atoms with Crippen molar-refractivity contribution < 1.29 is 57.0 Å². The second-order valence-electron chi connectivity index (χ2n) is 16.1. The SMILES string of the molecule is CCCC/C=C\CCCCCCC(O)C(=O)NC(COC1OC(CO)C(O)C(OS(=O)(=O)O)C1O)C(O)/C=C/CC/C=C/CCCCCCCCCCCCCCCC. The third kappa shape index (κ3) is 28.5. The lowest BCUT2D eigenvalue weighted by atomic mass is 9.99. The number of carbonyl (C=O) groups excluding carboxylic acids is 1. The van der Waals surface area contributed by atoms with Crippen molar-refractivity contribution >= 4 is 16.3 Å². The minimum atomic E-state index is -5.12. The Bertz CT molecular complexity index is 1220. The van der Waals surface area contributed by atoms with Crippen LogP contribution in [-0.4, -0.2) is 107 Å². The van der Waals surface area contributed by atoms with Gasteiger partial charge in [-0.3, -0.25) is 9.35 Å². The number of rotatable bonds is 38. The molecular formula is C45H83NO12S. The number of hydrogen-bond acceptors (Lipinski definition) is 11. The van der Waals surface area contributed by atoms with Crippen molar-refractivity contribution in [1.82, 2.24) is 5.32 Å². The summed E-state index contributed by atoms with van der Waals surface area (Å²) >= 11 is 0. The normalized spacial score (nSPS) is 21.8. The number of aliphatic hydroxyl groups excluding tert-OH is 5. The van der Waals surface area contributed by atoms with Crippen LogP contribution in [0.15, 0.2) is 36.5 Å². The van der Waals surface area contributed by atoms with Crippen LogP contribution in [0, 0.1) is 0 Å². The smallest absolute Gasteiger partial charge is 0.394 e. The third-order valence-electron chi connectivity index (χ3n) is 10.8. The summed E-state index contributed by atoms with van der Waals surface area (Å²) in [4.78, 5) is 13.0. The molecule has 1 saturated heterocycles. The van der Waals surface area contributed by atoms with Crippen LogP contribution in [-0.2, 0) is 28.9 Å². The lowest BCUT2D eigenvalue weighted by Gasteiger charge is -2.41. The fraction of sp³-hybridized carbons (Fsp3) is 0.844. The number of hydrogen-bond donors (Lipinski definition) is 7. The van der Waals surface area contributed by atoms with Gasteiger partial charge < -0.3 is 40.3 Å². The molecule has 1 heterocycles. The molecular weight excluding hydrogens is 779 g/mol. The predicted molar refractivity (Wildman–Crippen MR) is 233 cm³/mol. The van der Waals surface area contributed by atoms with Crippen molar-refractivity contribution in [2.24, 2.45) is 0 Å². The van der Waals surface area contributed by atoms with E-state index in [4.69, 9.17) is 14.0 Å². The molecule has 0 aliphatic carbocycles. The highest BCUT2D eigenvalue weighted by atomic mass is 32.3. The minimum absolute atomic E-state index is 0.221. The van der Waals surface area contributed by atoms with Crippen LogP contribution >= 0.6 is 0 Å². The van der Waals surface area contributed by atoms with Gasteiger partial charge >= 0.3 is 10.4 Å². The van der Waals surface area contributed by atoms with Crippen molar-refractivity contribution in [3.8, 4) is 0 Å². The Morgan fingerprint density at radius 3 is 1.68 bits per heavy atom. The molecule has 8 atom stereocenters. The summed E-state index contributed by atoms with van der Waals surface area (Å²) in [6.45, 7) is 3.13. The zero-order valence-electron chi connectivity index (χ0n) is 36.4. The molecule has 1 rings (SSSR count). The Morgan fingerprint density at radius 2 is 1.15 bits per heavy atom. The zero-order valence-corrected chi connectivity index (χ0v) is 37.2. The van der Waals surface area contributed by atoms with Crippen LogP contribution in [0.25, 0.3) is 0 Å². The van der Waals surface area contributed by atoms with E-state index in [9.17, 15) is 38.7 Å². The summed E-state index contributed by atoms with van der Waals surface area (Å²) < 4.78 is 47.4. The Morgan fingerprint density at radius 1 is 0.678 bits per heavy atom. The lowest BCUT2D eigenvalue weighted by Crippen LogP contribution is -2.61. The minimum Gasteiger partial charge on any atom is -0.394 e. The summed E-state index contributed by atoms with van der Waals surface area (Å²) in [7, 11) is -5.12. The van der Waals surface area contributed by atoms with Crippen molar-refractivity contribution in [2.45, 2.75) is 230 Å². The number of nitrogens with one attached hydrogen (secondary N) is 1. The van der Waals surface area contributed by atoms with Gasteiger partial charge in [0.15, 0.2) is 6.29 Å². The molecule has 0 bridgehead atoms. The van der Waals surface area contributed by atoms with E-state index < -0.39 is 78.5 Å². The molecule has 1 aliphatic rings. The summed E-state index contributed by atoms with van der Waals surface area (Å²) in [6.07, 6.45) is 29.6. The van der Waals surface area contributed by atoms with Gasteiger partial charge in [-0.25, -0.2) is 4.18 Å². The largest absolute Gasteiger partial charge is 0.397 e. The highest BCUT2D eigenvalue weighted by Gasteiger charge is 2.48. The van der Waals surface area contributed by atoms with E-state index in [1.54, 1.807) is 6.08 Å². The molecule has 1 fully saturated rings. The Balaban J connectivity index is 2.60. The van der Waals surface area contributed by atoms with Crippen LogP contribution in [0.2, 0.25) is 0 Å². The van der Waals surface area contributed by atoms with E-state index >= 15 is 0 Å². The van der Waals surface area contributed by atoms with Gasteiger partial charge in [0.05, 0.1) is 25.4 Å². The predicted octanol–water partition coefficient (Wildman–Crippen LogP) is 7.69. The standard InChI is InChI=1S/C45H83NO12S/c1-3-5-7-9-11-13-15-16-17-18-19-20-21-22-23-24-26-27-29-31-33-38(48)37(46-44(52)39(49)34-32-30-28-25-14-12-10-8-6-4-2)36-56-45-42(51)43(58-59(53,54)55)41(50)40(35-47)57-45/h10,12,24,26,31,33,37-43,45,47-51H,3-9,11,13-23,25,27-30,32,34-36H2,1-2H3,(H,46,52)(H,53,54,55)/b12-10-,26-24+,33-31+. The first-order chi connectivity index (χ1) is 28.4. The first-order valence-electron chi connectivity index (χ1n) is 23.0. The molecule has 0 spiro atoms. The number of allylic oxidation sites excluding steroid dienone is 5. The zero-order chi connectivity index (χ0) is 43.6. The monoisotopic (exact) mass is 862 g/mol. The molecule has 7 N–H and O–H groups in total. The molecule has 14 heteroatoms. The summed E-state index contributed by atoms with van der Waals surface area (Å²) in [5, 5.41) is 55.0. The Hall–Kier alpha value is -1.72. The average Bonchev–Trinajstić information content (AvgIpc) is 3.20. The van der Waals surface area contributed by atoms with Gasteiger partial charge in [-0.15, -0.1) is 0 Å². The van der Waals surface area contributed by atoms with E-state index in [2.05, 4.69) is 47.7 Å². The maximum atomic E-state index is 13.0. The fourth-order valence-electron chi connectivity index (χ4n) is 7.04. The Kier molecular flexibility index (Phi) is 33.6. The number of amides is 1. The molecule has 0 aromatic carbocycles. The van der Waals surface area contributed by atoms with Gasteiger partial charge in [0.1, 0.15) is 30.5 Å². The van der Waals surface area contributed by atoms with Gasteiger partial charge in [0, 0.05) is 0 Å². The molecule has 0 saturated carbocycles. The molecule has 59 heavy (non-hydrogen) atoms. The first-order valence-corrected chi connectivity index (χ1v) is 24.3. The second kappa shape index (κ2) is 35.8. The van der Waals surface area contributed by atoms with E-state index in [0.29, 0.717) is 12.8 Å². The number of aliphatic hydroxyl groups is 5. The summed E-state index contributed by atoms with van der Waals surface area (Å²) in [6, 6.07) is -1.14. The molecule has 0 aromatic rings. The molecule has 1 amide bonds. The van der Waals surface area contributed by atoms with Crippen LogP contribution in [0.4, 0.5) is 0 Å². The fourth-order valence-corrected chi connectivity index (χ4v) is 7.55.